The molecule has 6 heteroatoms. The zero-order valence-corrected chi connectivity index (χ0v) is 16.3. The molecular weight excluding hydrogens is 352 g/mol. The van der Waals surface area contributed by atoms with Crippen LogP contribution in [0.1, 0.15) is 16.7 Å². The lowest BCUT2D eigenvalue weighted by Gasteiger charge is -2.11. The lowest BCUT2D eigenvalue weighted by atomic mass is 10.1. The molecule has 28 heavy (non-hydrogen) atoms. The Morgan fingerprint density at radius 3 is 2.57 bits per heavy atom. The van der Waals surface area contributed by atoms with Crippen LogP contribution >= 0.6 is 0 Å². The van der Waals surface area contributed by atoms with E-state index in [1.165, 1.54) is 5.56 Å². The van der Waals surface area contributed by atoms with Crippen molar-refractivity contribution in [2.45, 2.75) is 19.8 Å². The number of hydrogen-bond acceptors (Lipinski definition) is 3. The molecule has 0 bridgehead atoms. The molecule has 146 valence electrons. The minimum absolute atomic E-state index is 0.165. The van der Waals surface area contributed by atoms with E-state index in [0.29, 0.717) is 13.1 Å². The van der Waals surface area contributed by atoms with E-state index in [9.17, 15) is 4.79 Å². The second kappa shape index (κ2) is 9.60. The van der Waals surface area contributed by atoms with Crippen molar-refractivity contribution in [1.82, 2.24) is 20.4 Å². The van der Waals surface area contributed by atoms with Gasteiger partial charge in [-0.05, 0) is 49.1 Å². The zero-order valence-electron chi connectivity index (χ0n) is 16.3. The number of para-hydroxylation sites is 1. The number of nitrogens with zero attached hydrogens (tertiary/aromatic N) is 2. The Balaban J connectivity index is 1.39. The van der Waals surface area contributed by atoms with Crippen LogP contribution in [-0.4, -0.2) is 36.0 Å². The molecule has 0 aliphatic carbocycles. The second-order valence-electron chi connectivity index (χ2n) is 6.63. The third-order valence-corrected chi connectivity index (χ3v) is 4.47. The number of carbonyl (C=O) groups is 1. The molecular formula is C22H26N4O2. The molecule has 0 spiro atoms. The van der Waals surface area contributed by atoms with E-state index in [1.54, 1.807) is 7.11 Å². The molecule has 0 atom stereocenters. The quantitative estimate of drug-likeness (QED) is 0.632. The summed E-state index contributed by atoms with van der Waals surface area (Å²) < 4.78 is 7.21. The smallest absolute Gasteiger partial charge is 0.314 e. The summed E-state index contributed by atoms with van der Waals surface area (Å²) in [5.74, 6) is 0.850. The number of carbonyl (C=O) groups excluding carboxylic acids is 1. The van der Waals surface area contributed by atoms with Gasteiger partial charge in [-0.1, -0.05) is 35.9 Å². The minimum Gasteiger partial charge on any atom is -0.496 e. The summed E-state index contributed by atoms with van der Waals surface area (Å²) in [5.41, 5.74) is 4.37. The summed E-state index contributed by atoms with van der Waals surface area (Å²) in [7, 11) is 1.66. The van der Waals surface area contributed by atoms with E-state index >= 15 is 0 Å². The first-order valence-electron chi connectivity index (χ1n) is 9.40. The van der Waals surface area contributed by atoms with Crippen molar-refractivity contribution in [3.8, 4) is 11.4 Å². The Morgan fingerprint density at radius 1 is 1.07 bits per heavy atom. The number of ether oxygens (including phenoxy) is 1. The molecule has 2 aromatic carbocycles. The summed E-state index contributed by atoms with van der Waals surface area (Å²) in [5, 5.41) is 10.1. The van der Waals surface area contributed by atoms with Crippen molar-refractivity contribution in [1.29, 1.82) is 0 Å². The molecule has 1 aromatic heterocycles. The van der Waals surface area contributed by atoms with Gasteiger partial charge in [-0.25, -0.2) is 9.48 Å². The topological polar surface area (TPSA) is 68.2 Å². The molecule has 3 rings (SSSR count). The fourth-order valence-corrected chi connectivity index (χ4v) is 3.01. The van der Waals surface area contributed by atoms with E-state index < -0.39 is 0 Å². The van der Waals surface area contributed by atoms with Gasteiger partial charge in [0.15, 0.2) is 0 Å². The zero-order chi connectivity index (χ0) is 19.8. The average Bonchev–Trinajstić information content (AvgIpc) is 3.18. The van der Waals surface area contributed by atoms with Crippen molar-refractivity contribution < 1.29 is 9.53 Å². The highest BCUT2D eigenvalue weighted by atomic mass is 16.5. The SMILES string of the molecule is COc1ccc(C)cc1CCNC(=O)NCCc1cnn(-c2ccccc2)c1. The molecule has 0 aliphatic rings. The molecule has 0 aliphatic heterocycles. The summed E-state index contributed by atoms with van der Waals surface area (Å²) in [4.78, 5) is 12.0. The monoisotopic (exact) mass is 378 g/mol. The lowest BCUT2D eigenvalue weighted by molar-refractivity contribution is 0.241. The van der Waals surface area contributed by atoms with Crippen LogP contribution in [0.4, 0.5) is 4.79 Å². The Labute approximate surface area is 165 Å². The Morgan fingerprint density at radius 2 is 1.82 bits per heavy atom. The van der Waals surface area contributed by atoms with Gasteiger partial charge in [0.05, 0.1) is 19.0 Å². The van der Waals surface area contributed by atoms with Gasteiger partial charge in [-0.2, -0.15) is 5.10 Å². The summed E-state index contributed by atoms with van der Waals surface area (Å²) >= 11 is 0. The van der Waals surface area contributed by atoms with E-state index in [-0.39, 0.29) is 6.03 Å². The van der Waals surface area contributed by atoms with Gasteiger partial charge < -0.3 is 15.4 Å². The third kappa shape index (κ3) is 5.36. The molecule has 2 N–H and O–H groups in total. The van der Waals surface area contributed by atoms with Crippen molar-refractivity contribution in [2.75, 3.05) is 20.2 Å². The van der Waals surface area contributed by atoms with Crippen LogP contribution in [0.25, 0.3) is 5.69 Å². The molecule has 1 heterocycles. The predicted molar refractivity (Wildman–Crippen MR) is 110 cm³/mol. The van der Waals surface area contributed by atoms with E-state index in [2.05, 4.69) is 21.8 Å². The van der Waals surface area contributed by atoms with E-state index in [4.69, 9.17) is 4.74 Å². The van der Waals surface area contributed by atoms with Gasteiger partial charge in [0, 0.05) is 19.3 Å². The molecule has 3 aromatic rings. The molecule has 2 amide bonds. The van der Waals surface area contributed by atoms with Gasteiger partial charge in [0.1, 0.15) is 5.75 Å². The van der Waals surface area contributed by atoms with Crippen molar-refractivity contribution in [3.05, 3.63) is 77.6 Å². The highest BCUT2D eigenvalue weighted by molar-refractivity contribution is 5.73. The summed E-state index contributed by atoms with van der Waals surface area (Å²) in [6.45, 7) is 3.15. The van der Waals surface area contributed by atoms with E-state index in [1.807, 2.05) is 66.5 Å². The normalized spacial score (nSPS) is 10.5. The van der Waals surface area contributed by atoms with Crippen LogP contribution < -0.4 is 15.4 Å². The first-order chi connectivity index (χ1) is 13.7. The summed E-state index contributed by atoms with van der Waals surface area (Å²) in [6, 6.07) is 15.8. The number of benzene rings is 2. The van der Waals surface area contributed by atoms with Gasteiger partial charge in [0.25, 0.3) is 0 Å². The number of urea groups is 1. The number of hydrogen-bond donors (Lipinski definition) is 2. The first kappa shape index (κ1) is 19.5. The van der Waals surface area contributed by atoms with E-state index in [0.717, 1.165) is 35.4 Å². The van der Waals surface area contributed by atoms with Gasteiger partial charge >= 0.3 is 6.03 Å². The predicted octanol–water partition coefficient (Wildman–Crippen LogP) is 3.27. The maximum absolute atomic E-state index is 12.0. The Kier molecular flexibility index (Phi) is 6.68. The molecule has 0 radical (unpaired) electrons. The second-order valence-corrected chi connectivity index (χ2v) is 6.63. The number of methoxy groups -OCH3 is 1. The summed E-state index contributed by atoms with van der Waals surface area (Å²) in [6.07, 6.45) is 5.27. The van der Waals surface area contributed by atoms with Crippen LogP contribution in [0.2, 0.25) is 0 Å². The third-order valence-electron chi connectivity index (χ3n) is 4.47. The van der Waals surface area contributed by atoms with Gasteiger partial charge in [0.2, 0.25) is 0 Å². The highest BCUT2D eigenvalue weighted by Crippen LogP contribution is 2.19. The molecule has 6 nitrogen and oxygen atoms in total. The van der Waals surface area contributed by atoms with Gasteiger partial charge in [-0.15, -0.1) is 0 Å². The van der Waals surface area contributed by atoms with Crippen molar-refractivity contribution in [3.63, 3.8) is 0 Å². The Hall–Kier alpha value is -3.28. The number of rotatable bonds is 8. The maximum atomic E-state index is 12.0. The number of aromatic nitrogens is 2. The van der Waals surface area contributed by atoms with Crippen molar-refractivity contribution in [2.24, 2.45) is 0 Å². The molecule has 0 saturated heterocycles. The minimum atomic E-state index is -0.165. The number of nitrogens with one attached hydrogen (secondary N) is 2. The van der Waals surface area contributed by atoms with Crippen molar-refractivity contribution >= 4 is 6.03 Å². The fourth-order valence-electron chi connectivity index (χ4n) is 3.01. The molecule has 0 unspecified atom stereocenters. The largest absolute Gasteiger partial charge is 0.496 e. The first-order valence-corrected chi connectivity index (χ1v) is 9.40. The van der Waals surface area contributed by atoms with Gasteiger partial charge in [-0.3, -0.25) is 0 Å². The van der Waals surface area contributed by atoms with Crippen LogP contribution in [0.3, 0.4) is 0 Å². The van der Waals surface area contributed by atoms with Crippen LogP contribution in [0.5, 0.6) is 5.75 Å². The number of amides is 2. The Bertz CT molecular complexity index is 906. The highest BCUT2D eigenvalue weighted by Gasteiger charge is 2.06. The van der Waals surface area contributed by atoms with Crippen LogP contribution in [0.15, 0.2) is 60.9 Å². The number of aryl methyl sites for hydroxylation is 1. The molecule has 0 saturated carbocycles. The molecule has 0 fully saturated rings. The maximum Gasteiger partial charge on any atom is 0.314 e. The van der Waals surface area contributed by atoms with Crippen LogP contribution in [0, 0.1) is 6.92 Å². The van der Waals surface area contributed by atoms with Crippen LogP contribution in [-0.2, 0) is 12.8 Å². The fraction of sp³-hybridized carbons (Fsp3) is 0.273. The standard InChI is InChI=1S/C22H26N4O2/c1-17-8-9-21(28-2)19(14-17)11-13-24-22(27)23-12-10-18-15-25-26(16-18)20-6-4-3-5-7-20/h3-9,14-16H,10-13H2,1-2H3,(H2,23,24,27). The lowest BCUT2D eigenvalue weighted by Crippen LogP contribution is -2.37. The average molecular weight is 378 g/mol.